The fourth-order valence-corrected chi connectivity index (χ4v) is 3.35. The van der Waals surface area contributed by atoms with Crippen molar-refractivity contribution in [3.8, 4) is 0 Å². The van der Waals surface area contributed by atoms with Gasteiger partial charge in [0, 0.05) is 17.6 Å². The van der Waals surface area contributed by atoms with Crippen molar-refractivity contribution in [3.63, 3.8) is 0 Å². The van der Waals surface area contributed by atoms with E-state index in [4.69, 9.17) is 5.73 Å². The summed E-state index contributed by atoms with van der Waals surface area (Å²) < 4.78 is 14.2. The maximum Gasteiger partial charge on any atom is 0.128 e. The zero-order valence-electron chi connectivity index (χ0n) is 12.8. The van der Waals surface area contributed by atoms with E-state index in [2.05, 4.69) is 25.7 Å². The molecule has 0 saturated carbocycles. The Labute approximate surface area is 122 Å². The number of nitrogens with zero attached hydrogens (tertiary/aromatic N) is 1. The molecule has 4 atom stereocenters. The summed E-state index contributed by atoms with van der Waals surface area (Å²) in [5.41, 5.74) is 7.10. The molecule has 112 valence electrons. The van der Waals surface area contributed by atoms with E-state index in [1.165, 1.54) is 12.8 Å². The van der Waals surface area contributed by atoms with Gasteiger partial charge in [-0.05, 0) is 44.7 Å². The summed E-state index contributed by atoms with van der Waals surface area (Å²) in [5, 5.41) is 0. The lowest BCUT2D eigenvalue weighted by Gasteiger charge is -2.45. The van der Waals surface area contributed by atoms with Gasteiger partial charge in [0.2, 0.25) is 0 Å². The van der Waals surface area contributed by atoms with E-state index in [-0.39, 0.29) is 17.9 Å². The van der Waals surface area contributed by atoms with Gasteiger partial charge < -0.3 is 5.73 Å². The number of hydrogen-bond donors (Lipinski definition) is 1. The summed E-state index contributed by atoms with van der Waals surface area (Å²) in [6.45, 7) is 7.63. The number of hydrogen-bond acceptors (Lipinski definition) is 2. The molecule has 0 aliphatic carbocycles. The van der Waals surface area contributed by atoms with Crippen molar-refractivity contribution in [2.75, 3.05) is 6.54 Å². The Bertz CT molecular complexity index is 435. The third-order valence-electron chi connectivity index (χ3n) is 4.88. The van der Waals surface area contributed by atoms with Crippen LogP contribution in [0.25, 0.3) is 0 Å². The molecule has 1 aliphatic rings. The lowest BCUT2D eigenvalue weighted by molar-refractivity contribution is 0.0530. The van der Waals surface area contributed by atoms with Crippen molar-refractivity contribution < 1.29 is 4.39 Å². The van der Waals surface area contributed by atoms with Gasteiger partial charge in [-0.25, -0.2) is 4.39 Å². The number of benzene rings is 1. The first-order chi connectivity index (χ1) is 9.56. The molecule has 3 heteroatoms. The molecule has 1 saturated heterocycles. The Balaban J connectivity index is 2.35. The summed E-state index contributed by atoms with van der Waals surface area (Å²) in [4.78, 5) is 2.42. The smallest absolute Gasteiger partial charge is 0.128 e. The second-order valence-electron chi connectivity index (χ2n) is 6.14. The minimum absolute atomic E-state index is 0.0149. The van der Waals surface area contributed by atoms with Crippen molar-refractivity contribution in [1.29, 1.82) is 0 Å². The highest BCUT2D eigenvalue weighted by Gasteiger charge is 2.34. The summed E-state index contributed by atoms with van der Waals surface area (Å²) in [6, 6.07) is 7.50. The van der Waals surface area contributed by atoms with Crippen molar-refractivity contribution in [3.05, 3.63) is 35.6 Å². The second-order valence-corrected chi connectivity index (χ2v) is 6.14. The fourth-order valence-electron chi connectivity index (χ4n) is 3.35. The number of halogens is 1. The molecule has 0 spiro atoms. The van der Waals surface area contributed by atoms with Gasteiger partial charge in [-0.15, -0.1) is 0 Å². The van der Waals surface area contributed by atoms with Crippen molar-refractivity contribution in [2.45, 2.75) is 58.2 Å². The molecule has 2 nitrogen and oxygen atoms in total. The minimum Gasteiger partial charge on any atom is -0.326 e. The molecular formula is C17H27FN2. The molecular weight excluding hydrogens is 251 g/mol. The van der Waals surface area contributed by atoms with Gasteiger partial charge in [0.1, 0.15) is 5.82 Å². The Morgan fingerprint density at radius 3 is 2.70 bits per heavy atom. The van der Waals surface area contributed by atoms with Crippen LogP contribution < -0.4 is 5.73 Å². The molecule has 4 unspecified atom stereocenters. The molecule has 0 aromatic heterocycles. The van der Waals surface area contributed by atoms with Gasteiger partial charge in [0.05, 0.1) is 6.04 Å². The van der Waals surface area contributed by atoms with Crippen molar-refractivity contribution >= 4 is 0 Å². The average molecular weight is 278 g/mol. The van der Waals surface area contributed by atoms with Crippen molar-refractivity contribution in [2.24, 2.45) is 11.7 Å². The van der Waals surface area contributed by atoms with Crippen LogP contribution in [0, 0.1) is 11.7 Å². The number of piperidine rings is 1. The molecule has 1 heterocycles. The van der Waals surface area contributed by atoms with Gasteiger partial charge in [-0.2, -0.15) is 0 Å². The molecule has 0 bridgehead atoms. The Hall–Kier alpha value is -0.930. The van der Waals surface area contributed by atoms with E-state index in [1.54, 1.807) is 12.1 Å². The summed E-state index contributed by atoms with van der Waals surface area (Å²) in [6.07, 6.45) is 3.28. The monoisotopic (exact) mass is 278 g/mol. The largest absolute Gasteiger partial charge is 0.326 e. The summed E-state index contributed by atoms with van der Waals surface area (Å²) >= 11 is 0. The predicted octanol–water partition coefficient (Wildman–Crippen LogP) is 3.72. The van der Waals surface area contributed by atoms with E-state index < -0.39 is 0 Å². The van der Waals surface area contributed by atoms with Crippen LogP contribution in [0.1, 0.15) is 51.6 Å². The van der Waals surface area contributed by atoms with Crippen molar-refractivity contribution in [1.82, 2.24) is 4.90 Å². The molecule has 1 aliphatic heterocycles. The van der Waals surface area contributed by atoms with E-state index in [1.807, 2.05) is 12.1 Å². The normalized spacial score (nSPS) is 27.2. The lowest BCUT2D eigenvalue weighted by atomic mass is 9.86. The highest BCUT2D eigenvalue weighted by atomic mass is 19.1. The van der Waals surface area contributed by atoms with Crippen LogP contribution in [0.3, 0.4) is 0 Å². The van der Waals surface area contributed by atoms with Crippen LogP contribution in [0.5, 0.6) is 0 Å². The zero-order valence-corrected chi connectivity index (χ0v) is 12.8. The van der Waals surface area contributed by atoms with Crippen LogP contribution in [-0.4, -0.2) is 23.5 Å². The van der Waals surface area contributed by atoms with Gasteiger partial charge in [-0.3, -0.25) is 4.90 Å². The third-order valence-corrected chi connectivity index (χ3v) is 4.88. The molecule has 1 aromatic carbocycles. The van der Waals surface area contributed by atoms with E-state index in [9.17, 15) is 4.39 Å². The first kappa shape index (κ1) is 15.5. The molecule has 1 aromatic rings. The van der Waals surface area contributed by atoms with Crippen LogP contribution in [0.2, 0.25) is 0 Å². The quantitative estimate of drug-likeness (QED) is 0.909. The van der Waals surface area contributed by atoms with E-state index >= 15 is 0 Å². The van der Waals surface area contributed by atoms with Gasteiger partial charge >= 0.3 is 0 Å². The highest BCUT2D eigenvalue weighted by Crippen LogP contribution is 2.34. The number of nitrogens with two attached hydrogens (primary N) is 1. The summed E-state index contributed by atoms with van der Waals surface area (Å²) in [5.74, 6) is 0.508. The number of likely N-dealkylation sites (tertiary alicyclic amines) is 1. The second kappa shape index (κ2) is 6.68. The summed E-state index contributed by atoms with van der Waals surface area (Å²) in [7, 11) is 0. The lowest BCUT2D eigenvalue weighted by Crippen LogP contribution is -2.50. The number of rotatable bonds is 4. The molecule has 20 heavy (non-hydrogen) atoms. The Kier molecular flexibility index (Phi) is 5.17. The molecule has 0 radical (unpaired) electrons. The minimum atomic E-state index is -0.133. The highest BCUT2D eigenvalue weighted by molar-refractivity contribution is 5.23. The van der Waals surface area contributed by atoms with Crippen LogP contribution in [0.4, 0.5) is 4.39 Å². The predicted molar refractivity (Wildman–Crippen MR) is 82.0 cm³/mol. The topological polar surface area (TPSA) is 29.3 Å². The Morgan fingerprint density at radius 2 is 2.05 bits per heavy atom. The maximum absolute atomic E-state index is 14.2. The third kappa shape index (κ3) is 3.04. The average Bonchev–Trinajstić information content (AvgIpc) is 2.45. The van der Waals surface area contributed by atoms with Crippen LogP contribution >= 0.6 is 0 Å². The molecule has 2 N–H and O–H groups in total. The van der Waals surface area contributed by atoms with E-state index in [0.717, 1.165) is 18.5 Å². The first-order valence-corrected chi connectivity index (χ1v) is 7.82. The molecule has 2 rings (SSSR count). The first-order valence-electron chi connectivity index (χ1n) is 7.82. The molecule has 1 fully saturated rings. The van der Waals surface area contributed by atoms with E-state index in [0.29, 0.717) is 12.0 Å². The zero-order chi connectivity index (χ0) is 14.7. The molecule has 0 amide bonds. The van der Waals surface area contributed by atoms with Gasteiger partial charge in [0.25, 0.3) is 0 Å². The van der Waals surface area contributed by atoms with Gasteiger partial charge in [-0.1, -0.05) is 32.0 Å². The fraction of sp³-hybridized carbons (Fsp3) is 0.647. The van der Waals surface area contributed by atoms with Crippen LogP contribution in [0.15, 0.2) is 24.3 Å². The SMILES string of the molecule is CCC(N)C(c1ccccc1F)N1CCCC(C)C1C. The van der Waals surface area contributed by atoms with Gasteiger partial charge in [0.15, 0.2) is 0 Å². The van der Waals surface area contributed by atoms with Crippen LogP contribution in [-0.2, 0) is 0 Å². The Morgan fingerprint density at radius 1 is 1.35 bits per heavy atom. The maximum atomic E-state index is 14.2. The standard InChI is InChI=1S/C17H27FN2/c1-4-16(19)17(14-9-5-6-10-15(14)18)20-11-7-8-12(2)13(20)3/h5-6,9-10,12-13,16-17H,4,7-8,11,19H2,1-3H3.